The molecule has 234 valence electrons. The molecule has 0 radical (unpaired) electrons. The van der Waals surface area contributed by atoms with Crippen LogP contribution in [0.2, 0.25) is 0 Å². The zero-order valence-electron chi connectivity index (χ0n) is 23.9. The number of rotatable bonds is 16. The summed E-state index contributed by atoms with van der Waals surface area (Å²) in [4.78, 5) is 45.4. The number of hydrogen-bond donors (Lipinski definition) is 5. The average Bonchev–Trinajstić information content (AvgIpc) is 3.03. The number of esters is 3. The Morgan fingerprint density at radius 3 is 1.12 bits per heavy atom. The Balaban J connectivity index is 0.000000713. The smallest absolute Gasteiger partial charge is 0.338 e. The quantitative estimate of drug-likeness (QED) is 0.0821. The van der Waals surface area contributed by atoms with E-state index >= 15 is 0 Å². The summed E-state index contributed by atoms with van der Waals surface area (Å²) >= 11 is 0. The molecule has 0 amide bonds. The molecule has 0 atom stereocenters. The maximum absolute atomic E-state index is 11.7. The van der Waals surface area contributed by atoms with Gasteiger partial charge in [0.2, 0.25) is 0 Å². The lowest BCUT2D eigenvalue weighted by atomic mass is 10.1. The number of hydrogen-bond acceptors (Lipinski definition) is 12. The van der Waals surface area contributed by atoms with Gasteiger partial charge in [-0.2, -0.15) is 0 Å². The number of carbonyl (C=O) groups is 4. The highest BCUT2D eigenvalue weighted by atomic mass is 16.5. The van der Waals surface area contributed by atoms with Gasteiger partial charge in [-0.15, -0.1) is 0 Å². The molecule has 12 nitrogen and oxygen atoms in total. The van der Waals surface area contributed by atoms with Crippen LogP contribution >= 0.6 is 0 Å². The van der Waals surface area contributed by atoms with Crippen molar-refractivity contribution in [1.82, 2.24) is 0 Å². The van der Waals surface area contributed by atoms with Gasteiger partial charge in [0.25, 0.3) is 0 Å². The zero-order chi connectivity index (χ0) is 31.6. The third kappa shape index (κ3) is 17.2. The van der Waals surface area contributed by atoms with Crippen LogP contribution in [0.15, 0.2) is 48.5 Å². The molecule has 0 fully saturated rings. The average molecular weight is 595 g/mol. The Hall–Kier alpha value is -3.68. The van der Waals surface area contributed by atoms with Crippen LogP contribution in [0.3, 0.4) is 0 Å². The van der Waals surface area contributed by atoms with Crippen LogP contribution in [-0.2, 0) is 14.2 Å². The van der Waals surface area contributed by atoms with Gasteiger partial charge in [-0.3, -0.25) is 4.79 Å². The van der Waals surface area contributed by atoms with Crippen molar-refractivity contribution in [3.63, 3.8) is 0 Å². The summed E-state index contributed by atoms with van der Waals surface area (Å²) in [6.07, 6.45) is 3.84. The van der Waals surface area contributed by atoms with Gasteiger partial charge in [0.1, 0.15) is 6.61 Å². The Morgan fingerprint density at radius 1 is 0.500 bits per heavy atom. The number of carbonyl (C=O) groups excluding carboxylic acids is 4. The molecule has 42 heavy (non-hydrogen) atoms. The maximum Gasteiger partial charge on any atom is 0.338 e. The van der Waals surface area contributed by atoms with Crippen LogP contribution in [0, 0.1) is 0 Å². The molecular weight excluding hydrogens is 552 g/mol. The Morgan fingerprint density at radius 2 is 0.810 bits per heavy atom. The summed E-state index contributed by atoms with van der Waals surface area (Å²) in [5.74, 6) is -1.74. The number of ether oxygens (including phenoxy) is 3. The zero-order valence-corrected chi connectivity index (χ0v) is 23.9. The fourth-order valence-corrected chi connectivity index (χ4v) is 2.89. The third-order valence-corrected chi connectivity index (χ3v) is 5.27. The molecule has 0 bridgehead atoms. The number of benzene rings is 2. The summed E-state index contributed by atoms with van der Waals surface area (Å²) in [7, 11) is 1.29. The number of methoxy groups -OCH3 is 1. The number of aliphatic hydroxyl groups is 5. The van der Waals surface area contributed by atoms with Crippen molar-refractivity contribution in [1.29, 1.82) is 0 Å². The van der Waals surface area contributed by atoms with E-state index in [-0.39, 0.29) is 45.4 Å². The monoisotopic (exact) mass is 594 g/mol. The molecule has 0 aliphatic heterocycles. The first-order valence-electron chi connectivity index (χ1n) is 13.5. The van der Waals surface area contributed by atoms with Crippen molar-refractivity contribution in [3.8, 4) is 0 Å². The number of Topliss-reactive ketones (excluding diaryl/α,β-unsaturated/α-hetero) is 1. The van der Waals surface area contributed by atoms with E-state index in [4.69, 9.17) is 35.0 Å². The lowest BCUT2D eigenvalue weighted by molar-refractivity contribution is 0.0478. The predicted molar refractivity (Wildman–Crippen MR) is 152 cm³/mol. The molecule has 0 saturated heterocycles. The van der Waals surface area contributed by atoms with E-state index in [0.29, 0.717) is 47.9 Å². The minimum Gasteiger partial charge on any atom is -0.465 e. The summed E-state index contributed by atoms with van der Waals surface area (Å²) in [6.45, 7) is 0.528. The highest BCUT2D eigenvalue weighted by Crippen LogP contribution is 2.09. The van der Waals surface area contributed by atoms with E-state index in [0.717, 1.165) is 12.8 Å². The van der Waals surface area contributed by atoms with Crippen LogP contribution in [0.4, 0.5) is 0 Å². The molecule has 0 heterocycles. The first-order chi connectivity index (χ1) is 20.3. The SMILES string of the molecule is COC(=O)c1ccc(C(=O)CO)cc1.O=C(OCCCCO)c1ccc(C(=O)OCCCCO)cc1.OCCCCO. The molecular formula is C30H42O12. The van der Waals surface area contributed by atoms with Crippen molar-refractivity contribution < 1.29 is 58.9 Å². The number of unbranched alkanes of at least 4 members (excludes halogenated alkanes) is 3. The molecule has 2 rings (SSSR count). The summed E-state index contributed by atoms with van der Waals surface area (Å²) < 4.78 is 14.6. The van der Waals surface area contributed by atoms with Gasteiger partial charge in [-0.25, -0.2) is 14.4 Å². The van der Waals surface area contributed by atoms with Crippen LogP contribution in [0.25, 0.3) is 0 Å². The van der Waals surface area contributed by atoms with Crippen LogP contribution in [0.1, 0.15) is 80.0 Å². The summed E-state index contributed by atoms with van der Waals surface area (Å²) in [6, 6.07) is 12.0. The van der Waals surface area contributed by atoms with Gasteiger partial charge in [0, 0.05) is 32.0 Å². The minimum absolute atomic E-state index is 0.0761. The second-order valence-corrected chi connectivity index (χ2v) is 8.52. The summed E-state index contributed by atoms with van der Waals surface area (Å²) in [5, 5.41) is 42.0. The normalized spacial score (nSPS) is 9.86. The molecule has 0 unspecified atom stereocenters. The van der Waals surface area contributed by atoms with Crippen LogP contribution < -0.4 is 0 Å². The third-order valence-electron chi connectivity index (χ3n) is 5.27. The van der Waals surface area contributed by atoms with Crippen molar-refractivity contribution in [2.75, 3.05) is 53.4 Å². The number of aliphatic hydroxyl groups excluding tert-OH is 5. The molecule has 2 aromatic carbocycles. The first kappa shape index (κ1) is 38.3. The maximum atomic E-state index is 11.7. The standard InChI is InChI=1S/C16H22O6.C10H10O4.C4H10O2/c17-9-1-3-11-21-15(19)13-5-7-14(8-6-13)16(20)22-12-4-2-10-18;1-14-10(13)8-4-2-7(3-5-8)9(12)6-11;5-3-1-2-4-6/h5-8,17-18H,1-4,9-12H2;2-5,11H,6H2,1H3;5-6H,1-4H2. The predicted octanol–water partition coefficient (Wildman–Crippen LogP) is 1.94. The Kier molecular flexibility index (Phi) is 22.9. The summed E-state index contributed by atoms with van der Waals surface area (Å²) in [5.41, 5.74) is 1.48. The molecule has 12 heteroatoms. The topological polar surface area (TPSA) is 197 Å². The fourth-order valence-electron chi connectivity index (χ4n) is 2.89. The second kappa shape index (κ2) is 25.1. The highest BCUT2D eigenvalue weighted by Gasteiger charge is 2.11. The lowest BCUT2D eigenvalue weighted by Gasteiger charge is -2.06. The largest absolute Gasteiger partial charge is 0.465 e. The van der Waals surface area contributed by atoms with E-state index in [1.807, 2.05) is 0 Å². The van der Waals surface area contributed by atoms with Gasteiger partial charge in [-0.1, -0.05) is 12.1 Å². The minimum atomic E-state index is -0.530. The van der Waals surface area contributed by atoms with Crippen molar-refractivity contribution in [2.45, 2.75) is 38.5 Å². The highest BCUT2D eigenvalue weighted by molar-refractivity contribution is 5.98. The van der Waals surface area contributed by atoms with Crippen LogP contribution in [0.5, 0.6) is 0 Å². The van der Waals surface area contributed by atoms with E-state index in [9.17, 15) is 19.2 Å². The van der Waals surface area contributed by atoms with Gasteiger partial charge in [0.15, 0.2) is 5.78 Å². The van der Waals surface area contributed by atoms with Crippen molar-refractivity contribution in [2.24, 2.45) is 0 Å². The van der Waals surface area contributed by atoms with E-state index in [1.165, 1.54) is 55.6 Å². The lowest BCUT2D eigenvalue weighted by Crippen LogP contribution is -2.09. The van der Waals surface area contributed by atoms with E-state index < -0.39 is 24.5 Å². The molecule has 0 spiro atoms. The van der Waals surface area contributed by atoms with Gasteiger partial charge < -0.3 is 39.7 Å². The van der Waals surface area contributed by atoms with Gasteiger partial charge in [-0.05, 0) is 74.9 Å². The van der Waals surface area contributed by atoms with Gasteiger partial charge >= 0.3 is 17.9 Å². The van der Waals surface area contributed by atoms with Crippen LogP contribution in [-0.4, -0.2) is 103 Å². The molecule has 0 aliphatic carbocycles. The fraction of sp³-hybridized carbons (Fsp3) is 0.467. The Bertz CT molecular complexity index is 938. The second-order valence-electron chi connectivity index (χ2n) is 8.52. The molecule has 0 aromatic heterocycles. The van der Waals surface area contributed by atoms with E-state index in [2.05, 4.69) is 4.74 Å². The van der Waals surface area contributed by atoms with Crippen molar-refractivity contribution >= 4 is 23.7 Å². The number of ketones is 1. The molecule has 0 aliphatic rings. The van der Waals surface area contributed by atoms with Gasteiger partial charge in [0.05, 0.1) is 37.0 Å². The van der Waals surface area contributed by atoms with E-state index in [1.54, 1.807) is 0 Å². The molecule has 2 aromatic rings. The van der Waals surface area contributed by atoms with Crippen molar-refractivity contribution in [3.05, 3.63) is 70.8 Å². The molecule has 0 saturated carbocycles. The first-order valence-corrected chi connectivity index (χ1v) is 13.5. The Labute approximate surface area is 245 Å². The molecule has 5 N–H and O–H groups in total.